The van der Waals surface area contributed by atoms with Crippen molar-refractivity contribution < 1.29 is 23.6 Å². The van der Waals surface area contributed by atoms with Crippen LogP contribution in [-0.2, 0) is 11.4 Å². The Morgan fingerprint density at radius 1 is 1.12 bits per heavy atom. The third-order valence-corrected chi connectivity index (χ3v) is 6.50. The zero-order valence-corrected chi connectivity index (χ0v) is 20.3. The van der Waals surface area contributed by atoms with E-state index in [4.69, 9.17) is 14.0 Å². The Morgan fingerprint density at radius 2 is 1.82 bits per heavy atom. The molecular formula is C25H35N3O5. The van der Waals surface area contributed by atoms with Gasteiger partial charge >= 0.3 is 0 Å². The first-order chi connectivity index (χ1) is 15.8. The van der Waals surface area contributed by atoms with Crippen molar-refractivity contribution in [1.29, 1.82) is 0 Å². The van der Waals surface area contributed by atoms with Gasteiger partial charge in [0.1, 0.15) is 17.9 Å². The first-order valence-corrected chi connectivity index (χ1v) is 11.7. The number of methoxy groups -OCH3 is 1. The van der Waals surface area contributed by atoms with Gasteiger partial charge in [0.15, 0.2) is 11.5 Å². The average molecular weight is 458 g/mol. The zero-order chi connectivity index (χ0) is 24.0. The lowest BCUT2D eigenvalue weighted by Gasteiger charge is -2.40. The van der Waals surface area contributed by atoms with E-state index in [1.807, 2.05) is 27.7 Å². The predicted molar refractivity (Wildman–Crippen MR) is 125 cm³/mol. The van der Waals surface area contributed by atoms with Crippen LogP contribution in [-0.4, -0.2) is 47.6 Å². The number of carbonyl (C=O) groups excluding carboxylic acids is 2. The summed E-state index contributed by atoms with van der Waals surface area (Å²) in [5, 5.41) is 7.03. The molecule has 8 heteroatoms. The SMILES string of the molecule is CCN(CC)C(=O)C1(NC(=O)c2ccc(OCc3c(C)noc3C)c(OC)c2)CCCCC1. The van der Waals surface area contributed by atoms with Crippen molar-refractivity contribution in [3.8, 4) is 11.5 Å². The summed E-state index contributed by atoms with van der Waals surface area (Å²) in [5.41, 5.74) is 1.23. The summed E-state index contributed by atoms with van der Waals surface area (Å²) in [4.78, 5) is 28.4. The van der Waals surface area contributed by atoms with Crippen molar-refractivity contribution in [1.82, 2.24) is 15.4 Å². The molecule has 2 aromatic rings. The molecule has 0 radical (unpaired) electrons. The lowest BCUT2D eigenvalue weighted by atomic mass is 9.80. The molecule has 1 fully saturated rings. The van der Waals surface area contributed by atoms with Gasteiger partial charge in [-0.15, -0.1) is 0 Å². The first-order valence-electron chi connectivity index (χ1n) is 11.7. The van der Waals surface area contributed by atoms with Crippen molar-refractivity contribution in [2.24, 2.45) is 0 Å². The van der Waals surface area contributed by atoms with E-state index in [0.717, 1.165) is 30.5 Å². The molecule has 8 nitrogen and oxygen atoms in total. The minimum Gasteiger partial charge on any atom is -0.493 e. The Morgan fingerprint density at radius 3 is 2.39 bits per heavy atom. The van der Waals surface area contributed by atoms with Gasteiger partial charge < -0.3 is 24.2 Å². The summed E-state index contributed by atoms with van der Waals surface area (Å²) in [6.07, 6.45) is 4.23. The first kappa shape index (κ1) is 24.6. The molecule has 2 amide bonds. The number of hydrogen-bond donors (Lipinski definition) is 1. The summed E-state index contributed by atoms with van der Waals surface area (Å²) in [7, 11) is 1.53. The molecule has 1 aliphatic rings. The Labute approximate surface area is 195 Å². The van der Waals surface area contributed by atoms with Crippen LogP contribution < -0.4 is 14.8 Å². The van der Waals surface area contributed by atoms with Gasteiger partial charge in [-0.05, 0) is 58.7 Å². The van der Waals surface area contributed by atoms with E-state index in [9.17, 15) is 9.59 Å². The van der Waals surface area contributed by atoms with Gasteiger partial charge in [-0.3, -0.25) is 9.59 Å². The molecule has 0 unspecified atom stereocenters. The highest BCUT2D eigenvalue weighted by atomic mass is 16.5. The maximum atomic E-state index is 13.3. The van der Waals surface area contributed by atoms with Gasteiger partial charge in [0.25, 0.3) is 5.91 Å². The number of ether oxygens (including phenoxy) is 2. The average Bonchev–Trinajstić information content (AvgIpc) is 3.15. The van der Waals surface area contributed by atoms with Gasteiger partial charge in [0.05, 0.1) is 18.4 Å². The maximum Gasteiger partial charge on any atom is 0.252 e. The number of hydrogen-bond acceptors (Lipinski definition) is 6. The van der Waals surface area contributed by atoms with Crippen LogP contribution in [0.3, 0.4) is 0 Å². The van der Waals surface area contributed by atoms with Crippen molar-refractivity contribution >= 4 is 11.8 Å². The largest absolute Gasteiger partial charge is 0.493 e. The maximum absolute atomic E-state index is 13.3. The quantitative estimate of drug-likeness (QED) is 0.607. The van der Waals surface area contributed by atoms with Gasteiger partial charge in [0, 0.05) is 18.7 Å². The fourth-order valence-corrected chi connectivity index (χ4v) is 4.44. The lowest BCUT2D eigenvalue weighted by molar-refractivity contribution is -0.139. The molecule has 1 N–H and O–H groups in total. The summed E-state index contributed by atoms with van der Waals surface area (Å²) in [6.45, 7) is 9.16. The molecule has 1 aromatic heterocycles. The fraction of sp³-hybridized carbons (Fsp3) is 0.560. The normalized spacial score (nSPS) is 15.1. The minimum absolute atomic E-state index is 0.00642. The molecule has 3 rings (SSSR count). The van der Waals surface area contributed by atoms with Crippen molar-refractivity contribution in [3.05, 3.63) is 40.8 Å². The number of aromatic nitrogens is 1. The van der Waals surface area contributed by atoms with Crippen LogP contribution in [0.5, 0.6) is 11.5 Å². The van der Waals surface area contributed by atoms with E-state index >= 15 is 0 Å². The second-order valence-electron chi connectivity index (χ2n) is 8.53. The molecule has 1 heterocycles. The number of likely N-dealkylation sites (N-methyl/N-ethyl adjacent to an activating group) is 1. The molecular weight excluding hydrogens is 422 g/mol. The van der Waals surface area contributed by atoms with Crippen molar-refractivity contribution in [3.63, 3.8) is 0 Å². The number of nitrogens with zero attached hydrogens (tertiary/aromatic N) is 2. The smallest absolute Gasteiger partial charge is 0.252 e. The summed E-state index contributed by atoms with van der Waals surface area (Å²) < 4.78 is 16.6. The summed E-state index contributed by atoms with van der Waals surface area (Å²) >= 11 is 0. The Kier molecular flexibility index (Phi) is 8.00. The molecule has 180 valence electrons. The number of benzene rings is 1. The Bertz CT molecular complexity index is 955. The molecule has 0 atom stereocenters. The Balaban J connectivity index is 1.78. The number of carbonyl (C=O) groups is 2. The predicted octanol–water partition coefficient (Wildman–Crippen LogP) is 4.18. The Hall–Kier alpha value is -3.03. The standard InChI is InChI=1S/C25H35N3O5/c1-6-28(7-2)24(30)25(13-9-8-10-14-25)26-23(29)19-11-12-21(22(15-19)31-5)32-16-20-17(3)27-33-18(20)4/h11-12,15H,6-10,13-14,16H2,1-5H3,(H,26,29). The number of aryl methyl sites for hydroxylation is 2. The molecule has 1 aliphatic carbocycles. The van der Waals surface area contributed by atoms with Crippen LogP contribution in [0.1, 0.15) is 73.3 Å². The number of rotatable bonds is 9. The third-order valence-electron chi connectivity index (χ3n) is 6.50. The molecule has 33 heavy (non-hydrogen) atoms. The zero-order valence-electron chi connectivity index (χ0n) is 20.3. The highest BCUT2D eigenvalue weighted by molar-refractivity contribution is 5.99. The van der Waals surface area contributed by atoms with Crippen LogP contribution in [0.4, 0.5) is 0 Å². The number of amides is 2. The van der Waals surface area contributed by atoms with Crippen LogP contribution in [0, 0.1) is 13.8 Å². The summed E-state index contributed by atoms with van der Waals surface area (Å²) in [5.74, 6) is 1.39. The van der Waals surface area contributed by atoms with E-state index in [1.54, 1.807) is 23.1 Å². The van der Waals surface area contributed by atoms with Crippen LogP contribution >= 0.6 is 0 Å². The van der Waals surface area contributed by atoms with Crippen LogP contribution in [0.25, 0.3) is 0 Å². The topological polar surface area (TPSA) is 93.9 Å². The second kappa shape index (κ2) is 10.7. The van der Waals surface area contributed by atoms with Gasteiger partial charge in [-0.25, -0.2) is 0 Å². The molecule has 0 aliphatic heterocycles. The highest BCUT2D eigenvalue weighted by Crippen LogP contribution is 2.32. The van der Waals surface area contributed by atoms with E-state index in [0.29, 0.717) is 48.8 Å². The molecule has 0 bridgehead atoms. The van der Waals surface area contributed by atoms with E-state index in [2.05, 4.69) is 10.5 Å². The lowest BCUT2D eigenvalue weighted by Crippen LogP contribution is -2.60. The number of nitrogens with one attached hydrogen (secondary N) is 1. The van der Waals surface area contributed by atoms with Gasteiger partial charge in [0.2, 0.25) is 5.91 Å². The molecule has 0 saturated heterocycles. The molecule has 1 saturated carbocycles. The van der Waals surface area contributed by atoms with E-state index in [-0.39, 0.29) is 18.4 Å². The summed E-state index contributed by atoms with van der Waals surface area (Å²) in [6, 6.07) is 5.06. The minimum atomic E-state index is -0.854. The van der Waals surface area contributed by atoms with Gasteiger partial charge in [-0.1, -0.05) is 24.4 Å². The second-order valence-corrected chi connectivity index (χ2v) is 8.53. The third kappa shape index (κ3) is 5.31. The van der Waals surface area contributed by atoms with Crippen molar-refractivity contribution in [2.45, 2.75) is 71.9 Å². The van der Waals surface area contributed by atoms with Crippen molar-refractivity contribution in [2.75, 3.05) is 20.2 Å². The van der Waals surface area contributed by atoms with E-state index < -0.39 is 5.54 Å². The van der Waals surface area contributed by atoms with Crippen LogP contribution in [0.15, 0.2) is 22.7 Å². The molecule has 0 spiro atoms. The molecule has 1 aromatic carbocycles. The van der Waals surface area contributed by atoms with Gasteiger partial charge in [-0.2, -0.15) is 0 Å². The monoisotopic (exact) mass is 457 g/mol. The highest BCUT2D eigenvalue weighted by Gasteiger charge is 2.42. The van der Waals surface area contributed by atoms with Crippen LogP contribution in [0.2, 0.25) is 0 Å². The van der Waals surface area contributed by atoms with E-state index in [1.165, 1.54) is 7.11 Å². The fourth-order valence-electron chi connectivity index (χ4n) is 4.44.